The molecule has 0 aromatic heterocycles. The number of hydrogen-bond donors (Lipinski definition) is 1. The summed E-state index contributed by atoms with van der Waals surface area (Å²) in [5.41, 5.74) is 0. The van der Waals surface area contributed by atoms with E-state index in [9.17, 15) is 8.42 Å². The monoisotopic (exact) mass is 303 g/mol. The fourth-order valence-electron chi connectivity index (χ4n) is 3.54. The quantitative estimate of drug-likeness (QED) is 0.777. The SMILES string of the molecule is CCCN(CCC)S(=O)(=O)N(C)C1CC2CCC(C1)N2. The molecule has 2 bridgehead atoms. The summed E-state index contributed by atoms with van der Waals surface area (Å²) in [6, 6.07) is 1.19. The lowest BCUT2D eigenvalue weighted by atomic mass is 10.0. The second-order valence-electron chi connectivity index (χ2n) is 6.19. The molecule has 2 heterocycles. The Morgan fingerprint density at radius 2 is 1.55 bits per heavy atom. The fourth-order valence-corrected chi connectivity index (χ4v) is 5.28. The fraction of sp³-hybridized carbons (Fsp3) is 1.00. The molecule has 2 atom stereocenters. The molecule has 2 aliphatic rings. The van der Waals surface area contributed by atoms with E-state index in [-0.39, 0.29) is 6.04 Å². The van der Waals surface area contributed by atoms with Crippen molar-refractivity contribution in [1.29, 1.82) is 0 Å². The Kier molecular flexibility index (Phi) is 5.45. The molecule has 0 amide bonds. The summed E-state index contributed by atoms with van der Waals surface area (Å²) in [4.78, 5) is 0. The van der Waals surface area contributed by atoms with Crippen LogP contribution < -0.4 is 5.32 Å². The summed E-state index contributed by atoms with van der Waals surface area (Å²) in [7, 11) is -1.54. The summed E-state index contributed by atoms with van der Waals surface area (Å²) in [5, 5.41) is 3.57. The highest BCUT2D eigenvalue weighted by Gasteiger charge is 2.39. The summed E-state index contributed by atoms with van der Waals surface area (Å²) < 4.78 is 28.8. The maximum atomic E-state index is 12.8. The molecule has 0 aliphatic carbocycles. The number of hydrogen-bond acceptors (Lipinski definition) is 3. The first-order chi connectivity index (χ1) is 9.48. The Hall–Kier alpha value is -0.170. The Bertz CT molecular complexity index is 395. The minimum absolute atomic E-state index is 0.162. The summed E-state index contributed by atoms with van der Waals surface area (Å²) in [6.45, 7) is 5.31. The minimum Gasteiger partial charge on any atom is -0.311 e. The molecule has 118 valence electrons. The maximum absolute atomic E-state index is 12.8. The third-order valence-corrected chi connectivity index (χ3v) is 6.64. The first-order valence-corrected chi connectivity index (χ1v) is 9.37. The normalized spacial score (nSPS) is 30.4. The van der Waals surface area contributed by atoms with Crippen molar-refractivity contribution in [2.24, 2.45) is 0 Å². The maximum Gasteiger partial charge on any atom is 0.281 e. The highest BCUT2D eigenvalue weighted by Crippen LogP contribution is 2.30. The van der Waals surface area contributed by atoms with E-state index in [0.717, 1.165) is 25.7 Å². The average Bonchev–Trinajstić information content (AvgIpc) is 2.76. The number of nitrogens with zero attached hydrogens (tertiary/aromatic N) is 2. The third kappa shape index (κ3) is 3.35. The molecule has 6 heteroatoms. The van der Waals surface area contributed by atoms with E-state index in [2.05, 4.69) is 5.32 Å². The standard InChI is InChI=1S/C14H29N3O2S/c1-4-8-17(9-5-2)20(18,19)16(3)14-10-12-6-7-13(11-14)15-12/h12-15H,4-11H2,1-3H3. The molecule has 2 unspecified atom stereocenters. The number of piperidine rings is 1. The largest absolute Gasteiger partial charge is 0.311 e. The molecule has 0 aromatic rings. The second-order valence-corrected chi connectivity index (χ2v) is 8.17. The first kappa shape index (κ1) is 16.2. The van der Waals surface area contributed by atoms with Crippen LogP contribution in [0.25, 0.3) is 0 Å². The van der Waals surface area contributed by atoms with Crippen LogP contribution in [0.1, 0.15) is 52.4 Å². The van der Waals surface area contributed by atoms with Crippen LogP contribution in [-0.4, -0.2) is 55.3 Å². The topological polar surface area (TPSA) is 52.7 Å². The zero-order valence-corrected chi connectivity index (χ0v) is 13.8. The number of rotatable bonds is 7. The molecule has 0 saturated carbocycles. The van der Waals surface area contributed by atoms with Gasteiger partial charge in [-0.05, 0) is 38.5 Å². The molecule has 1 N–H and O–H groups in total. The Balaban J connectivity index is 2.07. The molecule has 0 spiro atoms. The van der Waals surface area contributed by atoms with Crippen molar-refractivity contribution in [3.8, 4) is 0 Å². The Morgan fingerprint density at radius 1 is 1.05 bits per heavy atom. The van der Waals surface area contributed by atoms with Crippen LogP contribution >= 0.6 is 0 Å². The molecule has 2 saturated heterocycles. The molecule has 2 rings (SSSR count). The minimum atomic E-state index is -3.31. The lowest BCUT2D eigenvalue weighted by molar-refractivity contribution is 0.236. The van der Waals surface area contributed by atoms with E-state index in [4.69, 9.17) is 0 Å². The zero-order chi connectivity index (χ0) is 14.8. The Morgan fingerprint density at radius 3 is 2.00 bits per heavy atom. The van der Waals surface area contributed by atoms with Crippen LogP contribution in [0.2, 0.25) is 0 Å². The van der Waals surface area contributed by atoms with Gasteiger partial charge >= 0.3 is 0 Å². The predicted octanol–water partition coefficient (Wildman–Crippen LogP) is 1.57. The molecule has 0 radical (unpaired) electrons. The van der Waals surface area contributed by atoms with Crippen LogP contribution in [0.3, 0.4) is 0 Å². The van der Waals surface area contributed by atoms with Crippen LogP contribution in [0.5, 0.6) is 0 Å². The van der Waals surface area contributed by atoms with Crippen molar-refractivity contribution in [2.45, 2.75) is 70.5 Å². The first-order valence-electron chi connectivity index (χ1n) is 7.98. The van der Waals surface area contributed by atoms with Gasteiger partial charge in [-0.25, -0.2) is 0 Å². The van der Waals surface area contributed by atoms with Gasteiger partial charge in [0.05, 0.1) is 0 Å². The van der Waals surface area contributed by atoms with Gasteiger partial charge in [-0.2, -0.15) is 17.0 Å². The van der Waals surface area contributed by atoms with Gasteiger partial charge in [-0.1, -0.05) is 13.8 Å². The van der Waals surface area contributed by atoms with Crippen molar-refractivity contribution >= 4 is 10.2 Å². The van der Waals surface area contributed by atoms with Crippen LogP contribution in [0, 0.1) is 0 Å². The van der Waals surface area contributed by atoms with Crippen molar-refractivity contribution in [1.82, 2.24) is 13.9 Å². The van der Waals surface area contributed by atoms with Crippen LogP contribution in [0.4, 0.5) is 0 Å². The highest BCUT2D eigenvalue weighted by molar-refractivity contribution is 7.86. The van der Waals surface area contributed by atoms with E-state index in [1.807, 2.05) is 13.8 Å². The van der Waals surface area contributed by atoms with Crippen molar-refractivity contribution in [3.05, 3.63) is 0 Å². The summed E-state index contributed by atoms with van der Waals surface area (Å²) in [6.07, 6.45) is 6.04. The third-order valence-electron chi connectivity index (χ3n) is 4.60. The lowest BCUT2D eigenvalue weighted by Crippen LogP contribution is -2.52. The van der Waals surface area contributed by atoms with Gasteiger partial charge in [0.1, 0.15) is 0 Å². The second kappa shape index (κ2) is 6.73. The van der Waals surface area contributed by atoms with E-state index in [1.165, 1.54) is 12.8 Å². The van der Waals surface area contributed by atoms with Gasteiger partial charge in [0.15, 0.2) is 0 Å². The molecule has 20 heavy (non-hydrogen) atoms. The van der Waals surface area contributed by atoms with Crippen LogP contribution in [-0.2, 0) is 10.2 Å². The van der Waals surface area contributed by atoms with Gasteiger partial charge in [-0.3, -0.25) is 0 Å². The van der Waals surface area contributed by atoms with E-state index < -0.39 is 10.2 Å². The van der Waals surface area contributed by atoms with Gasteiger partial charge in [0, 0.05) is 38.3 Å². The number of nitrogens with one attached hydrogen (secondary N) is 1. The smallest absolute Gasteiger partial charge is 0.281 e. The van der Waals surface area contributed by atoms with Gasteiger partial charge < -0.3 is 5.32 Å². The molecule has 2 aliphatic heterocycles. The van der Waals surface area contributed by atoms with Crippen molar-refractivity contribution in [3.63, 3.8) is 0 Å². The van der Waals surface area contributed by atoms with Crippen LogP contribution in [0.15, 0.2) is 0 Å². The zero-order valence-electron chi connectivity index (χ0n) is 13.0. The molecular formula is C14H29N3O2S. The molecule has 0 aromatic carbocycles. The summed E-state index contributed by atoms with van der Waals surface area (Å²) >= 11 is 0. The number of fused-ring (bicyclic) bond motifs is 2. The van der Waals surface area contributed by atoms with E-state index in [1.54, 1.807) is 15.7 Å². The van der Waals surface area contributed by atoms with E-state index in [0.29, 0.717) is 25.2 Å². The van der Waals surface area contributed by atoms with Crippen molar-refractivity contribution in [2.75, 3.05) is 20.1 Å². The lowest BCUT2D eigenvalue weighted by Gasteiger charge is -2.37. The van der Waals surface area contributed by atoms with Gasteiger partial charge in [0.2, 0.25) is 0 Å². The molecule has 5 nitrogen and oxygen atoms in total. The molecule has 2 fully saturated rings. The van der Waals surface area contributed by atoms with Gasteiger partial charge in [0.25, 0.3) is 10.2 Å². The highest BCUT2D eigenvalue weighted by atomic mass is 32.2. The Labute approximate surface area is 123 Å². The predicted molar refractivity (Wildman–Crippen MR) is 81.8 cm³/mol. The average molecular weight is 303 g/mol. The summed E-state index contributed by atoms with van der Waals surface area (Å²) in [5.74, 6) is 0. The van der Waals surface area contributed by atoms with E-state index >= 15 is 0 Å². The molecular weight excluding hydrogens is 274 g/mol. The van der Waals surface area contributed by atoms with Crippen molar-refractivity contribution < 1.29 is 8.42 Å². The van der Waals surface area contributed by atoms with Gasteiger partial charge in [-0.15, -0.1) is 0 Å².